The summed E-state index contributed by atoms with van der Waals surface area (Å²) >= 11 is 1.28. The van der Waals surface area contributed by atoms with Gasteiger partial charge in [-0.3, -0.25) is 9.59 Å². The molecule has 2 aromatic rings. The molecule has 20 heavy (non-hydrogen) atoms. The molecule has 0 spiro atoms. The lowest BCUT2D eigenvalue weighted by Crippen LogP contribution is -2.19. The fourth-order valence-electron chi connectivity index (χ4n) is 1.78. The zero-order chi connectivity index (χ0) is 13.9. The molecule has 1 saturated heterocycles. The van der Waals surface area contributed by atoms with Gasteiger partial charge in [-0.05, 0) is 17.5 Å². The number of amidine groups is 1. The van der Waals surface area contributed by atoms with Crippen LogP contribution in [-0.2, 0) is 4.79 Å². The molecule has 0 saturated carbocycles. The van der Waals surface area contributed by atoms with Crippen molar-refractivity contribution in [2.45, 2.75) is 0 Å². The lowest BCUT2D eigenvalue weighted by atomic mass is 10.2. The second-order valence-corrected chi connectivity index (χ2v) is 5.09. The predicted molar refractivity (Wildman–Crippen MR) is 80.2 cm³/mol. The normalized spacial score (nSPS) is 17.2. The number of nitrogens with zero attached hydrogens (tertiary/aromatic N) is 2. The van der Waals surface area contributed by atoms with Crippen LogP contribution in [0.25, 0.3) is 10.9 Å². The topological polar surface area (TPSA) is 86.7 Å². The van der Waals surface area contributed by atoms with Gasteiger partial charge in [0.15, 0.2) is 5.17 Å². The first-order chi connectivity index (χ1) is 9.72. The Hall–Kier alpha value is -2.41. The summed E-state index contributed by atoms with van der Waals surface area (Å²) in [6.45, 7) is 0. The quantitative estimate of drug-likeness (QED) is 0.640. The molecule has 1 aromatic carbocycles. The van der Waals surface area contributed by atoms with E-state index in [9.17, 15) is 9.59 Å². The van der Waals surface area contributed by atoms with Crippen molar-refractivity contribution in [2.24, 2.45) is 10.2 Å². The molecule has 1 fully saturated rings. The van der Waals surface area contributed by atoms with Crippen LogP contribution < -0.4 is 10.9 Å². The van der Waals surface area contributed by atoms with E-state index in [0.29, 0.717) is 16.5 Å². The van der Waals surface area contributed by atoms with E-state index >= 15 is 0 Å². The van der Waals surface area contributed by atoms with Gasteiger partial charge in [0.25, 0.3) is 5.56 Å². The Balaban J connectivity index is 1.89. The van der Waals surface area contributed by atoms with Crippen LogP contribution in [0.4, 0.5) is 0 Å². The van der Waals surface area contributed by atoms with Crippen LogP contribution in [0.5, 0.6) is 0 Å². The predicted octanol–water partition coefficient (Wildman–Crippen LogP) is 1.08. The van der Waals surface area contributed by atoms with Gasteiger partial charge in [-0.1, -0.05) is 30.0 Å². The number of carbonyl (C=O) groups excluding carboxylic acids is 1. The minimum absolute atomic E-state index is 0.0903. The van der Waals surface area contributed by atoms with E-state index in [0.717, 1.165) is 10.9 Å². The van der Waals surface area contributed by atoms with Crippen molar-refractivity contribution < 1.29 is 4.79 Å². The number of fused-ring (bicyclic) bond motifs is 1. The third kappa shape index (κ3) is 2.62. The lowest BCUT2D eigenvalue weighted by molar-refractivity contribution is -0.116. The summed E-state index contributed by atoms with van der Waals surface area (Å²) in [5.41, 5.74) is 0.970. The lowest BCUT2D eigenvalue weighted by Gasteiger charge is -1.98. The standard InChI is InChI=1S/C13H10N4O2S/c18-11-7-20-13(16-11)17-14-6-9-5-8-3-1-2-4-10(8)15-12(9)19/h1-6H,7H2,(H,15,19)(H,16,17,18). The maximum atomic E-state index is 11.8. The maximum absolute atomic E-state index is 11.8. The van der Waals surface area contributed by atoms with Crippen molar-refractivity contribution >= 4 is 40.0 Å². The van der Waals surface area contributed by atoms with Crippen LogP contribution in [-0.4, -0.2) is 28.0 Å². The van der Waals surface area contributed by atoms with Crippen molar-refractivity contribution in [3.8, 4) is 0 Å². The van der Waals surface area contributed by atoms with E-state index in [4.69, 9.17) is 0 Å². The highest BCUT2D eigenvalue weighted by molar-refractivity contribution is 8.15. The summed E-state index contributed by atoms with van der Waals surface area (Å²) in [5, 5.41) is 11.6. The average molecular weight is 286 g/mol. The molecule has 2 N–H and O–H groups in total. The van der Waals surface area contributed by atoms with Crippen molar-refractivity contribution in [1.82, 2.24) is 10.3 Å². The van der Waals surface area contributed by atoms with Gasteiger partial charge in [0, 0.05) is 5.52 Å². The molecule has 0 bridgehead atoms. The highest BCUT2D eigenvalue weighted by Gasteiger charge is 2.15. The maximum Gasteiger partial charge on any atom is 0.257 e. The second-order valence-electron chi connectivity index (χ2n) is 4.13. The van der Waals surface area contributed by atoms with Crippen LogP contribution in [0.3, 0.4) is 0 Å². The summed E-state index contributed by atoms with van der Waals surface area (Å²) in [6, 6.07) is 9.24. The summed E-state index contributed by atoms with van der Waals surface area (Å²) in [5.74, 6) is 0.262. The molecule has 6 nitrogen and oxygen atoms in total. The van der Waals surface area contributed by atoms with E-state index in [1.54, 1.807) is 6.07 Å². The molecule has 2 heterocycles. The molecule has 0 aliphatic carbocycles. The number of hydrogen-bond acceptors (Lipinski definition) is 5. The molecule has 0 radical (unpaired) electrons. The number of thioether (sulfide) groups is 1. The second kappa shape index (κ2) is 5.30. The van der Waals surface area contributed by atoms with Crippen LogP contribution in [0.15, 0.2) is 45.3 Å². The SMILES string of the molecule is O=C1CSC(=NN=Cc2cc3ccccc3[nH]c2=O)N1. The van der Waals surface area contributed by atoms with Gasteiger partial charge >= 0.3 is 0 Å². The van der Waals surface area contributed by atoms with Gasteiger partial charge in [-0.2, -0.15) is 5.10 Å². The van der Waals surface area contributed by atoms with E-state index in [1.165, 1.54) is 18.0 Å². The van der Waals surface area contributed by atoms with Gasteiger partial charge in [-0.15, -0.1) is 5.10 Å². The molecule has 1 aliphatic heterocycles. The first-order valence-corrected chi connectivity index (χ1v) is 6.87. The number of hydrogen-bond donors (Lipinski definition) is 2. The Bertz CT molecular complexity index is 794. The number of benzene rings is 1. The Kier molecular flexibility index (Phi) is 3.34. The number of H-pyrrole nitrogens is 1. The summed E-state index contributed by atoms with van der Waals surface area (Å²) in [7, 11) is 0. The number of amides is 1. The van der Waals surface area contributed by atoms with Crippen LogP contribution in [0, 0.1) is 0 Å². The third-order valence-corrected chi connectivity index (χ3v) is 3.58. The highest BCUT2D eigenvalue weighted by Crippen LogP contribution is 2.10. The number of nitrogens with one attached hydrogen (secondary N) is 2. The molecule has 0 unspecified atom stereocenters. The number of aromatic amines is 1. The van der Waals surface area contributed by atoms with E-state index in [-0.39, 0.29) is 11.5 Å². The first-order valence-electron chi connectivity index (χ1n) is 5.88. The zero-order valence-corrected chi connectivity index (χ0v) is 11.1. The van der Waals surface area contributed by atoms with E-state index in [1.807, 2.05) is 24.3 Å². The molecule has 1 aromatic heterocycles. The van der Waals surface area contributed by atoms with Gasteiger partial charge in [0.05, 0.1) is 17.5 Å². The molecule has 7 heteroatoms. The molecular formula is C13H10N4O2S. The number of carbonyl (C=O) groups is 1. The summed E-state index contributed by atoms with van der Waals surface area (Å²) in [4.78, 5) is 25.6. The van der Waals surface area contributed by atoms with Crippen molar-refractivity contribution in [3.63, 3.8) is 0 Å². The van der Waals surface area contributed by atoms with Gasteiger partial charge < -0.3 is 10.3 Å². The van der Waals surface area contributed by atoms with Crippen LogP contribution in [0.2, 0.25) is 0 Å². The molecule has 3 rings (SSSR count). The third-order valence-electron chi connectivity index (χ3n) is 2.71. The summed E-state index contributed by atoms with van der Waals surface area (Å²) < 4.78 is 0. The molecule has 1 amide bonds. The molecule has 100 valence electrons. The monoisotopic (exact) mass is 286 g/mol. The van der Waals surface area contributed by atoms with E-state index < -0.39 is 0 Å². The number of rotatable bonds is 2. The van der Waals surface area contributed by atoms with Crippen molar-refractivity contribution in [1.29, 1.82) is 0 Å². The Labute approximate surface area is 118 Å². The Morgan fingerprint density at radius 1 is 1.25 bits per heavy atom. The fraction of sp³-hybridized carbons (Fsp3) is 0.0769. The number of para-hydroxylation sites is 1. The Morgan fingerprint density at radius 2 is 2.10 bits per heavy atom. The van der Waals surface area contributed by atoms with E-state index in [2.05, 4.69) is 20.5 Å². The molecule has 0 atom stereocenters. The first kappa shape index (κ1) is 12.6. The molecule has 1 aliphatic rings. The number of aromatic nitrogens is 1. The van der Waals surface area contributed by atoms with Crippen molar-refractivity contribution in [3.05, 3.63) is 46.2 Å². The highest BCUT2D eigenvalue weighted by atomic mass is 32.2. The van der Waals surface area contributed by atoms with Gasteiger partial charge in [-0.25, -0.2) is 0 Å². The largest absolute Gasteiger partial charge is 0.321 e. The Morgan fingerprint density at radius 3 is 2.90 bits per heavy atom. The van der Waals surface area contributed by atoms with Gasteiger partial charge in [0.1, 0.15) is 0 Å². The fourth-order valence-corrected chi connectivity index (χ4v) is 2.41. The minimum Gasteiger partial charge on any atom is -0.321 e. The minimum atomic E-state index is -0.226. The smallest absolute Gasteiger partial charge is 0.257 e. The van der Waals surface area contributed by atoms with Crippen LogP contribution >= 0.6 is 11.8 Å². The van der Waals surface area contributed by atoms with Gasteiger partial charge in [0.2, 0.25) is 5.91 Å². The summed E-state index contributed by atoms with van der Waals surface area (Å²) in [6.07, 6.45) is 1.38. The van der Waals surface area contributed by atoms with Crippen LogP contribution in [0.1, 0.15) is 5.56 Å². The zero-order valence-electron chi connectivity index (χ0n) is 10.3. The number of pyridine rings is 1. The van der Waals surface area contributed by atoms with Crippen molar-refractivity contribution in [2.75, 3.05) is 5.75 Å². The molecular weight excluding hydrogens is 276 g/mol. The average Bonchev–Trinajstić information content (AvgIpc) is 2.85.